The van der Waals surface area contributed by atoms with E-state index in [0.29, 0.717) is 35.6 Å². The van der Waals surface area contributed by atoms with Gasteiger partial charge < -0.3 is 34.1 Å². The smallest absolute Gasteiger partial charge is 0.248 e. The van der Waals surface area contributed by atoms with E-state index in [1.54, 1.807) is 32.2 Å². The van der Waals surface area contributed by atoms with Crippen LogP contribution in [0.25, 0.3) is 11.2 Å². The lowest BCUT2D eigenvalue weighted by Crippen LogP contribution is -2.23. The topological polar surface area (TPSA) is 111 Å². The number of imidazole rings is 1. The lowest BCUT2D eigenvalue weighted by Gasteiger charge is -2.18. The molecule has 33 heavy (non-hydrogen) atoms. The summed E-state index contributed by atoms with van der Waals surface area (Å²) in [5.74, 6) is 3.38. The van der Waals surface area contributed by atoms with Gasteiger partial charge in [0.1, 0.15) is 11.8 Å². The second-order valence-electron chi connectivity index (χ2n) is 7.66. The van der Waals surface area contributed by atoms with Gasteiger partial charge in [-0.25, -0.2) is 9.50 Å². The fraction of sp³-hybridized carbons (Fsp3) is 0.318. The molecule has 0 radical (unpaired) electrons. The largest absolute Gasteiger partial charge is 0.493 e. The second-order valence-corrected chi connectivity index (χ2v) is 7.66. The number of methoxy groups -OCH3 is 3. The van der Waals surface area contributed by atoms with Crippen LogP contribution in [0.2, 0.25) is 0 Å². The van der Waals surface area contributed by atoms with Crippen molar-refractivity contribution in [3.05, 3.63) is 43.0 Å². The second kappa shape index (κ2) is 8.51. The molecule has 0 bridgehead atoms. The van der Waals surface area contributed by atoms with Gasteiger partial charge in [0.25, 0.3) is 0 Å². The Balaban J connectivity index is 1.45. The van der Waals surface area contributed by atoms with E-state index in [4.69, 9.17) is 19.2 Å². The summed E-state index contributed by atoms with van der Waals surface area (Å²) < 4.78 is 19.9. The van der Waals surface area contributed by atoms with Crippen LogP contribution in [-0.2, 0) is 0 Å². The number of benzene rings is 1. The minimum absolute atomic E-state index is 0.347. The lowest BCUT2D eigenvalue weighted by molar-refractivity contribution is 0.198. The van der Waals surface area contributed by atoms with E-state index in [1.807, 2.05) is 41.2 Å². The summed E-state index contributed by atoms with van der Waals surface area (Å²) in [6.07, 6.45) is 5.74. The van der Waals surface area contributed by atoms with Crippen LogP contribution < -0.4 is 24.4 Å². The SMILES string of the molecule is COc1cc(-n2cnc(Nc3nc(N4CCC(O)C4)c4cccn4n3)c2)cc(OC)c1OC. The first-order valence-corrected chi connectivity index (χ1v) is 10.5. The number of rotatable bonds is 7. The van der Waals surface area contributed by atoms with Crippen LogP contribution in [0.4, 0.5) is 17.6 Å². The zero-order valence-electron chi connectivity index (χ0n) is 18.6. The highest BCUT2D eigenvalue weighted by Crippen LogP contribution is 2.39. The van der Waals surface area contributed by atoms with Gasteiger partial charge in [-0.1, -0.05) is 0 Å². The van der Waals surface area contributed by atoms with Crippen LogP contribution in [0.15, 0.2) is 43.0 Å². The molecular weight excluding hydrogens is 426 g/mol. The minimum atomic E-state index is -0.347. The van der Waals surface area contributed by atoms with Crippen molar-refractivity contribution in [2.24, 2.45) is 0 Å². The number of anilines is 3. The van der Waals surface area contributed by atoms with Crippen molar-refractivity contribution >= 4 is 23.1 Å². The third kappa shape index (κ3) is 3.87. The van der Waals surface area contributed by atoms with E-state index < -0.39 is 0 Å². The highest BCUT2D eigenvalue weighted by Gasteiger charge is 2.24. The van der Waals surface area contributed by atoms with Gasteiger partial charge >= 0.3 is 0 Å². The third-order valence-corrected chi connectivity index (χ3v) is 5.60. The number of aliphatic hydroxyl groups excluding tert-OH is 1. The van der Waals surface area contributed by atoms with Crippen molar-refractivity contribution in [3.63, 3.8) is 0 Å². The number of fused-ring (bicyclic) bond motifs is 1. The highest BCUT2D eigenvalue weighted by molar-refractivity contribution is 5.71. The Bertz CT molecular complexity index is 1260. The van der Waals surface area contributed by atoms with E-state index in [2.05, 4.69) is 20.3 Å². The number of ether oxygens (including phenoxy) is 3. The molecular formula is C22H25N7O4. The Hall–Kier alpha value is -3.99. The first kappa shape index (κ1) is 20.9. The van der Waals surface area contributed by atoms with Crippen LogP contribution in [0.5, 0.6) is 17.2 Å². The monoisotopic (exact) mass is 451 g/mol. The highest BCUT2D eigenvalue weighted by atomic mass is 16.5. The summed E-state index contributed by atoms with van der Waals surface area (Å²) >= 11 is 0. The van der Waals surface area contributed by atoms with Crippen LogP contribution in [-0.4, -0.2) is 69.8 Å². The maximum absolute atomic E-state index is 9.96. The standard InChI is InChI=1S/C22H25N7O4/c1-31-17-9-14(10-18(32-2)20(17)33-3)28-12-19(23-13-28)24-22-25-21(27-8-6-15(30)11-27)16-5-4-7-29(16)26-22/h4-5,7,9-10,12-13,15,30H,6,8,11H2,1-3H3,(H,24,26). The predicted molar refractivity (Wildman–Crippen MR) is 122 cm³/mol. The van der Waals surface area contributed by atoms with Crippen molar-refractivity contribution in [1.29, 1.82) is 0 Å². The first-order chi connectivity index (χ1) is 16.1. The van der Waals surface area contributed by atoms with Gasteiger partial charge in [0.2, 0.25) is 11.7 Å². The molecule has 1 atom stereocenters. The number of β-amino-alcohol motifs (C(OH)–C–C–N with tert-alkyl or cyclic N) is 1. The van der Waals surface area contributed by atoms with Gasteiger partial charge in [-0.05, 0) is 18.6 Å². The molecule has 1 fully saturated rings. The Morgan fingerprint density at radius 2 is 1.91 bits per heavy atom. The normalized spacial score (nSPS) is 15.8. The molecule has 11 heteroatoms. The molecule has 3 aromatic heterocycles. The molecule has 0 aliphatic carbocycles. The number of hydrogen-bond donors (Lipinski definition) is 2. The van der Waals surface area contributed by atoms with Gasteiger partial charge in [-0.2, -0.15) is 4.98 Å². The van der Waals surface area contributed by atoms with Crippen LogP contribution in [0.3, 0.4) is 0 Å². The average molecular weight is 451 g/mol. The Kier molecular flexibility index (Phi) is 5.38. The zero-order valence-corrected chi connectivity index (χ0v) is 18.6. The molecule has 1 saturated heterocycles. The summed E-state index contributed by atoms with van der Waals surface area (Å²) in [6.45, 7) is 1.29. The Morgan fingerprint density at radius 3 is 2.58 bits per heavy atom. The molecule has 4 aromatic rings. The van der Waals surface area contributed by atoms with Crippen molar-refractivity contribution in [3.8, 4) is 22.9 Å². The fourth-order valence-corrected chi connectivity index (χ4v) is 4.00. The van der Waals surface area contributed by atoms with E-state index in [0.717, 1.165) is 30.0 Å². The predicted octanol–water partition coefficient (Wildman–Crippen LogP) is 2.26. The lowest BCUT2D eigenvalue weighted by atomic mass is 10.2. The van der Waals surface area contributed by atoms with E-state index >= 15 is 0 Å². The summed E-state index contributed by atoms with van der Waals surface area (Å²) in [5.41, 5.74) is 1.68. The number of hydrogen-bond acceptors (Lipinski definition) is 9. The summed E-state index contributed by atoms with van der Waals surface area (Å²) in [6, 6.07) is 7.56. The van der Waals surface area contributed by atoms with E-state index in [1.165, 1.54) is 0 Å². The van der Waals surface area contributed by atoms with Crippen LogP contribution in [0.1, 0.15) is 6.42 Å². The molecule has 0 amide bonds. The van der Waals surface area contributed by atoms with E-state index in [-0.39, 0.29) is 6.10 Å². The maximum atomic E-state index is 9.96. The molecule has 2 N–H and O–H groups in total. The number of aromatic nitrogens is 5. The molecule has 4 heterocycles. The van der Waals surface area contributed by atoms with Gasteiger partial charge in [-0.15, -0.1) is 5.10 Å². The van der Waals surface area contributed by atoms with Crippen molar-refractivity contribution < 1.29 is 19.3 Å². The molecule has 0 spiro atoms. The van der Waals surface area contributed by atoms with Crippen LogP contribution >= 0.6 is 0 Å². The number of nitrogens with one attached hydrogen (secondary N) is 1. The van der Waals surface area contributed by atoms with Crippen molar-refractivity contribution in [1.82, 2.24) is 24.1 Å². The molecule has 1 unspecified atom stereocenters. The maximum Gasteiger partial charge on any atom is 0.248 e. The Labute approximate surface area is 190 Å². The number of aliphatic hydroxyl groups is 1. The summed E-state index contributed by atoms with van der Waals surface area (Å²) in [4.78, 5) is 11.2. The molecule has 5 rings (SSSR count). The van der Waals surface area contributed by atoms with Gasteiger partial charge in [0.05, 0.1) is 39.3 Å². The molecule has 1 aliphatic rings. The molecule has 0 saturated carbocycles. The van der Waals surface area contributed by atoms with Gasteiger partial charge in [0.15, 0.2) is 23.1 Å². The quantitative estimate of drug-likeness (QED) is 0.437. The molecule has 172 valence electrons. The summed E-state index contributed by atoms with van der Waals surface area (Å²) in [7, 11) is 4.72. The minimum Gasteiger partial charge on any atom is -0.493 e. The third-order valence-electron chi connectivity index (χ3n) is 5.60. The van der Waals surface area contributed by atoms with Crippen molar-refractivity contribution in [2.75, 3.05) is 44.6 Å². The molecule has 11 nitrogen and oxygen atoms in total. The van der Waals surface area contributed by atoms with Crippen molar-refractivity contribution in [2.45, 2.75) is 12.5 Å². The van der Waals surface area contributed by atoms with Gasteiger partial charge in [-0.3, -0.25) is 0 Å². The van der Waals surface area contributed by atoms with E-state index in [9.17, 15) is 5.11 Å². The average Bonchev–Trinajstić information content (AvgIpc) is 3.58. The fourth-order valence-electron chi connectivity index (χ4n) is 4.00. The summed E-state index contributed by atoms with van der Waals surface area (Å²) in [5, 5.41) is 17.7. The first-order valence-electron chi connectivity index (χ1n) is 10.5. The molecule has 1 aromatic carbocycles. The van der Waals surface area contributed by atoms with Gasteiger partial charge in [0, 0.05) is 31.4 Å². The zero-order chi connectivity index (χ0) is 22.9. The molecule has 1 aliphatic heterocycles. The van der Waals surface area contributed by atoms with Crippen LogP contribution in [0, 0.1) is 0 Å². The Morgan fingerprint density at radius 1 is 1.12 bits per heavy atom. The number of nitrogens with zero attached hydrogens (tertiary/aromatic N) is 6.